The molecule has 21 heavy (non-hydrogen) atoms. The van der Waals surface area contributed by atoms with Crippen molar-refractivity contribution in [2.45, 2.75) is 23.1 Å². The number of amides is 1. The standard InChI is InChI=1S/C14H17N3OS3/c1-9(2)8-20-14-17-16-13(21-14)15-12(18)10-6-4-5-7-11(10)19-3/h4-7,9H,8H2,1-3H3,(H,15,16,18). The predicted molar refractivity (Wildman–Crippen MR) is 91.6 cm³/mol. The molecule has 0 unspecified atom stereocenters. The lowest BCUT2D eigenvalue weighted by Crippen LogP contribution is -2.12. The Morgan fingerprint density at radius 1 is 1.33 bits per heavy atom. The molecule has 0 radical (unpaired) electrons. The van der Waals surface area contributed by atoms with Crippen molar-refractivity contribution in [3.63, 3.8) is 0 Å². The van der Waals surface area contributed by atoms with Crippen molar-refractivity contribution in [3.05, 3.63) is 29.8 Å². The first kappa shape index (κ1) is 16.3. The van der Waals surface area contributed by atoms with Gasteiger partial charge in [0.2, 0.25) is 5.13 Å². The van der Waals surface area contributed by atoms with Gasteiger partial charge in [-0.1, -0.05) is 49.1 Å². The van der Waals surface area contributed by atoms with Crippen LogP contribution in [-0.4, -0.2) is 28.1 Å². The molecule has 1 aromatic heterocycles. The fourth-order valence-electron chi connectivity index (χ4n) is 1.55. The third-order valence-corrected chi connectivity index (χ3v) is 5.71. The first-order chi connectivity index (χ1) is 10.1. The fourth-order valence-corrected chi connectivity index (χ4v) is 3.87. The van der Waals surface area contributed by atoms with E-state index in [1.54, 1.807) is 23.5 Å². The summed E-state index contributed by atoms with van der Waals surface area (Å²) in [6.07, 6.45) is 1.96. The van der Waals surface area contributed by atoms with Crippen molar-refractivity contribution >= 4 is 45.9 Å². The summed E-state index contributed by atoms with van der Waals surface area (Å²) in [5.41, 5.74) is 0.664. The second-order valence-electron chi connectivity index (χ2n) is 4.73. The molecule has 0 atom stereocenters. The maximum Gasteiger partial charge on any atom is 0.258 e. The molecule has 0 aliphatic rings. The highest BCUT2D eigenvalue weighted by molar-refractivity contribution is 8.01. The summed E-state index contributed by atoms with van der Waals surface area (Å²) in [6.45, 7) is 4.33. The van der Waals surface area contributed by atoms with Gasteiger partial charge in [0, 0.05) is 10.6 Å². The Balaban J connectivity index is 2.03. The maximum atomic E-state index is 12.3. The van der Waals surface area contributed by atoms with Crippen LogP contribution < -0.4 is 5.32 Å². The Morgan fingerprint density at radius 3 is 2.81 bits per heavy atom. The van der Waals surface area contributed by atoms with E-state index < -0.39 is 0 Å². The van der Waals surface area contributed by atoms with Crippen LogP contribution in [0.3, 0.4) is 0 Å². The van der Waals surface area contributed by atoms with Gasteiger partial charge in [-0.05, 0) is 24.3 Å². The van der Waals surface area contributed by atoms with Crippen molar-refractivity contribution in [2.75, 3.05) is 17.3 Å². The average Bonchev–Trinajstić information content (AvgIpc) is 2.92. The maximum absolute atomic E-state index is 12.3. The van der Waals surface area contributed by atoms with Crippen molar-refractivity contribution in [3.8, 4) is 0 Å². The number of thioether (sulfide) groups is 2. The summed E-state index contributed by atoms with van der Waals surface area (Å²) < 4.78 is 0.886. The highest BCUT2D eigenvalue weighted by Gasteiger charge is 2.13. The van der Waals surface area contributed by atoms with Crippen LogP contribution in [0, 0.1) is 5.92 Å². The summed E-state index contributed by atoms with van der Waals surface area (Å²) in [4.78, 5) is 13.2. The number of hydrogen-bond donors (Lipinski definition) is 1. The Morgan fingerprint density at radius 2 is 2.10 bits per heavy atom. The average molecular weight is 340 g/mol. The minimum Gasteiger partial charge on any atom is -0.296 e. The van der Waals surface area contributed by atoms with Gasteiger partial charge in [0.25, 0.3) is 5.91 Å². The normalized spacial score (nSPS) is 10.9. The van der Waals surface area contributed by atoms with Crippen LogP contribution in [-0.2, 0) is 0 Å². The van der Waals surface area contributed by atoms with Gasteiger partial charge in [-0.25, -0.2) is 0 Å². The number of aromatic nitrogens is 2. The van der Waals surface area contributed by atoms with Gasteiger partial charge >= 0.3 is 0 Å². The van der Waals surface area contributed by atoms with Crippen LogP contribution in [0.25, 0.3) is 0 Å². The van der Waals surface area contributed by atoms with E-state index in [-0.39, 0.29) is 5.91 Å². The SMILES string of the molecule is CSc1ccccc1C(=O)Nc1nnc(SCC(C)C)s1. The largest absolute Gasteiger partial charge is 0.296 e. The second-order valence-corrected chi connectivity index (χ2v) is 7.83. The lowest BCUT2D eigenvalue weighted by molar-refractivity contribution is 0.102. The summed E-state index contributed by atoms with van der Waals surface area (Å²) in [7, 11) is 0. The van der Waals surface area contributed by atoms with Crippen LogP contribution in [0.1, 0.15) is 24.2 Å². The quantitative estimate of drug-likeness (QED) is 0.629. The molecule has 2 aromatic rings. The van der Waals surface area contributed by atoms with E-state index in [1.165, 1.54) is 11.3 Å². The summed E-state index contributed by atoms with van der Waals surface area (Å²) in [6, 6.07) is 7.53. The Kier molecular flexibility index (Phi) is 6.08. The molecule has 0 saturated carbocycles. The molecule has 0 bridgehead atoms. The second kappa shape index (κ2) is 7.82. The van der Waals surface area contributed by atoms with E-state index in [0.717, 1.165) is 15.0 Å². The van der Waals surface area contributed by atoms with E-state index >= 15 is 0 Å². The van der Waals surface area contributed by atoms with E-state index in [4.69, 9.17) is 0 Å². The zero-order valence-corrected chi connectivity index (χ0v) is 14.6. The zero-order chi connectivity index (χ0) is 15.2. The highest BCUT2D eigenvalue weighted by Crippen LogP contribution is 2.28. The highest BCUT2D eigenvalue weighted by atomic mass is 32.2. The lowest BCUT2D eigenvalue weighted by Gasteiger charge is -2.05. The number of anilines is 1. The van der Waals surface area contributed by atoms with Crippen LogP contribution >= 0.6 is 34.9 Å². The zero-order valence-electron chi connectivity index (χ0n) is 12.1. The first-order valence-electron chi connectivity index (χ1n) is 6.51. The molecule has 4 nitrogen and oxygen atoms in total. The molecule has 112 valence electrons. The Bertz CT molecular complexity index is 613. The number of benzene rings is 1. The van der Waals surface area contributed by atoms with Gasteiger partial charge in [0.15, 0.2) is 4.34 Å². The third kappa shape index (κ3) is 4.72. The van der Waals surface area contributed by atoms with E-state index in [0.29, 0.717) is 16.6 Å². The molecule has 1 amide bonds. The Labute approximate surface area is 137 Å². The number of hydrogen-bond acceptors (Lipinski definition) is 6. The lowest BCUT2D eigenvalue weighted by atomic mass is 10.2. The Hall–Kier alpha value is -1.05. The molecule has 0 spiro atoms. The van der Waals surface area contributed by atoms with Crippen LogP contribution in [0.2, 0.25) is 0 Å². The van der Waals surface area contributed by atoms with E-state index in [2.05, 4.69) is 29.4 Å². The minimum atomic E-state index is -0.142. The van der Waals surface area contributed by atoms with Gasteiger partial charge in [-0.2, -0.15) is 0 Å². The van der Waals surface area contributed by atoms with Crippen LogP contribution in [0.4, 0.5) is 5.13 Å². The van der Waals surface area contributed by atoms with Crippen molar-refractivity contribution < 1.29 is 4.79 Å². The van der Waals surface area contributed by atoms with Gasteiger partial charge in [0.1, 0.15) is 0 Å². The molecular formula is C14H17N3OS3. The molecule has 0 aliphatic heterocycles. The fraction of sp³-hybridized carbons (Fsp3) is 0.357. The van der Waals surface area contributed by atoms with Gasteiger partial charge in [-0.15, -0.1) is 22.0 Å². The smallest absolute Gasteiger partial charge is 0.258 e. The van der Waals surface area contributed by atoms with Crippen molar-refractivity contribution in [1.29, 1.82) is 0 Å². The van der Waals surface area contributed by atoms with Crippen LogP contribution in [0.15, 0.2) is 33.5 Å². The molecule has 0 saturated heterocycles. The number of carbonyl (C=O) groups excluding carboxylic acids is 1. The predicted octanol–water partition coefficient (Wildman–Crippen LogP) is 4.26. The van der Waals surface area contributed by atoms with Gasteiger partial charge in [-0.3, -0.25) is 10.1 Å². The number of nitrogens with one attached hydrogen (secondary N) is 1. The van der Waals surface area contributed by atoms with E-state index in [1.807, 2.05) is 30.5 Å². The van der Waals surface area contributed by atoms with Crippen LogP contribution in [0.5, 0.6) is 0 Å². The van der Waals surface area contributed by atoms with E-state index in [9.17, 15) is 4.79 Å². The number of rotatable bonds is 6. The van der Waals surface area contributed by atoms with Crippen molar-refractivity contribution in [2.24, 2.45) is 5.92 Å². The minimum absolute atomic E-state index is 0.142. The molecular weight excluding hydrogens is 322 g/mol. The van der Waals surface area contributed by atoms with Crippen molar-refractivity contribution in [1.82, 2.24) is 10.2 Å². The molecule has 1 aromatic carbocycles. The third-order valence-electron chi connectivity index (χ3n) is 2.52. The molecule has 1 N–H and O–H groups in total. The topological polar surface area (TPSA) is 54.9 Å². The number of carbonyl (C=O) groups is 1. The molecule has 7 heteroatoms. The summed E-state index contributed by atoms with van der Waals surface area (Å²) in [5.74, 6) is 1.46. The summed E-state index contributed by atoms with van der Waals surface area (Å²) in [5, 5.41) is 11.5. The number of nitrogens with zero attached hydrogens (tertiary/aromatic N) is 2. The molecule has 0 aliphatic carbocycles. The molecule has 0 fully saturated rings. The molecule has 2 rings (SSSR count). The summed E-state index contributed by atoms with van der Waals surface area (Å²) >= 11 is 4.64. The van der Waals surface area contributed by atoms with Gasteiger partial charge < -0.3 is 0 Å². The van der Waals surface area contributed by atoms with Gasteiger partial charge in [0.05, 0.1) is 5.56 Å². The molecule has 1 heterocycles. The monoisotopic (exact) mass is 339 g/mol. The first-order valence-corrected chi connectivity index (χ1v) is 9.53.